The molecular formula is C23H32N2O. The Labute approximate surface area is 157 Å². The van der Waals surface area contributed by atoms with E-state index in [2.05, 4.69) is 47.9 Å². The summed E-state index contributed by atoms with van der Waals surface area (Å²) in [6.45, 7) is 6.56. The Kier molecular flexibility index (Phi) is 4.02. The van der Waals surface area contributed by atoms with Crippen LogP contribution in [0.15, 0.2) is 24.3 Å². The van der Waals surface area contributed by atoms with Gasteiger partial charge in [-0.15, -0.1) is 0 Å². The summed E-state index contributed by atoms with van der Waals surface area (Å²) in [4.78, 5) is 17.8. The Bertz CT molecular complexity index is 699. The summed E-state index contributed by atoms with van der Waals surface area (Å²) in [5.41, 5.74) is 2.84. The Balaban J connectivity index is 1.43. The molecule has 4 aliphatic rings. The molecule has 3 fully saturated rings. The van der Waals surface area contributed by atoms with Gasteiger partial charge in [-0.05, 0) is 66.9 Å². The maximum Gasteiger partial charge on any atom is 0.320 e. The molecule has 0 radical (unpaired) electrons. The van der Waals surface area contributed by atoms with Crippen molar-refractivity contribution in [3.63, 3.8) is 0 Å². The fourth-order valence-corrected chi connectivity index (χ4v) is 6.87. The molecule has 0 spiro atoms. The molecule has 6 unspecified atom stereocenters. The molecule has 3 heteroatoms. The van der Waals surface area contributed by atoms with Crippen molar-refractivity contribution < 1.29 is 4.79 Å². The van der Waals surface area contributed by atoms with Crippen LogP contribution in [0.3, 0.4) is 0 Å². The highest BCUT2D eigenvalue weighted by molar-refractivity contribution is 5.78. The Morgan fingerprint density at radius 2 is 1.92 bits per heavy atom. The fraction of sp³-hybridized carbons (Fsp3) is 0.696. The monoisotopic (exact) mass is 352 g/mol. The fourth-order valence-electron chi connectivity index (χ4n) is 6.87. The van der Waals surface area contributed by atoms with Crippen molar-refractivity contribution in [3.8, 4) is 0 Å². The minimum atomic E-state index is 0.280. The van der Waals surface area contributed by atoms with Crippen LogP contribution in [-0.2, 0) is 6.42 Å². The number of urea groups is 1. The summed E-state index contributed by atoms with van der Waals surface area (Å²) < 4.78 is 0. The summed E-state index contributed by atoms with van der Waals surface area (Å²) in [5, 5.41) is 0. The average Bonchev–Trinajstić information content (AvgIpc) is 2.98. The van der Waals surface area contributed by atoms with Crippen molar-refractivity contribution >= 4 is 6.03 Å². The van der Waals surface area contributed by atoms with Crippen LogP contribution in [0.25, 0.3) is 0 Å². The molecule has 2 aliphatic carbocycles. The third-order valence-corrected chi connectivity index (χ3v) is 7.92. The van der Waals surface area contributed by atoms with Crippen molar-refractivity contribution in [2.75, 3.05) is 13.1 Å². The van der Waals surface area contributed by atoms with E-state index in [0.717, 1.165) is 37.3 Å². The quantitative estimate of drug-likeness (QED) is 0.745. The maximum absolute atomic E-state index is 13.4. The van der Waals surface area contributed by atoms with Crippen LogP contribution in [0.1, 0.15) is 63.1 Å². The van der Waals surface area contributed by atoms with E-state index in [0.29, 0.717) is 18.0 Å². The summed E-state index contributed by atoms with van der Waals surface area (Å²) in [6, 6.07) is 9.83. The number of fused-ring (bicyclic) bond motifs is 5. The second-order valence-corrected chi connectivity index (χ2v) is 9.40. The molecule has 1 saturated heterocycles. The Hall–Kier alpha value is -1.51. The SMILES string of the molecule is CCC1CC2CC(C)C(N3CC4c5ccccc5CCN4C3=O)C(C1)C2. The summed E-state index contributed by atoms with van der Waals surface area (Å²) in [5.74, 6) is 3.17. The van der Waals surface area contributed by atoms with Gasteiger partial charge in [-0.25, -0.2) is 4.79 Å². The topological polar surface area (TPSA) is 23.6 Å². The number of benzene rings is 1. The lowest BCUT2D eigenvalue weighted by molar-refractivity contribution is 0.0182. The highest BCUT2D eigenvalue weighted by atomic mass is 16.2. The van der Waals surface area contributed by atoms with Crippen LogP contribution in [0.4, 0.5) is 4.79 Å². The third kappa shape index (κ3) is 2.50. The molecule has 1 aromatic rings. The molecule has 140 valence electrons. The lowest BCUT2D eigenvalue weighted by atomic mass is 9.62. The molecule has 2 saturated carbocycles. The highest BCUT2D eigenvalue weighted by Gasteiger charge is 2.50. The lowest BCUT2D eigenvalue weighted by Crippen LogP contribution is -2.52. The van der Waals surface area contributed by atoms with Crippen LogP contribution in [0.5, 0.6) is 0 Å². The predicted molar refractivity (Wildman–Crippen MR) is 104 cm³/mol. The van der Waals surface area contributed by atoms with Gasteiger partial charge in [0.25, 0.3) is 0 Å². The number of amides is 2. The normalized spacial score (nSPS) is 38.9. The second kappa shape index (κ2) is 6.28. The molecule has 2 amide bonds. The average molecular weight is 353 g/mol. The molecule has 2 aliphatic heterocycles. The molecule has 0 aromatic heterocycles. The Morgan fingerprint density at radius 3 is 2.77 bits per heavy atom. The zero-order chi connectivity index (χ0) is 17.8. The predicted octanol–water partition coefficient (Wildman–Crippen LogP) is 4.87. The van der Waals surface area contributed by atoms with E-state index in [9.17, 15) is 4.79 Å². The van der Waals surface area contributed by atoms with Crippen LogP contribution in [0.2, 0.25) is 0 Å². The molecular weight excluding hydrogens is 320 g/mol. The van der Waals surface area contributed by atoms with Gasteiger partial charge < -0.3 is 9.80 Å². The summed E-state index contributed by atoms with van der Waals surface area (Å²) >= 11 is 0. The van der Waals surface area contributed by atoms with Crippen LogP contribution < -0.4 is 0 Å². The molecule has 6 atom stereocenters. The van der Waals surface area contributed by atoms with Crippen LogP contribution >= 0.6 is 0 Å². The number of rotatable bonds is 2. The van der Waals surface area contributed by atoms with E-state index in [1.807, 2.05) is 0 Å². The summed E-state index contributed by atoms with van der Waals surface area (Å²) in [7, 11) is 0. The molecule has 2 heterocycles. The van der Waals surface area contributed by atoms with Gasteiger partial charge in [-0.1, -0.05) is 44.5 Å². The number of carbonyl (C=O) groups excluding carboxylic acids is 1. The molecule has 2 bridgehead atoms. The standard InChI is InChI=1S/C23H32N2O/c1-3-16-11-17-10-15(2)22(19(12-16)13-17)25-14-21-20-7-5-4-6-18(20)8-9-24(21)23(25)26/h4-7,15-17,19,21-22H,3,8-14H2,1-2H3. The molecule has 26 heavy (non-hydrogen) atoms. The van der Waals surface area contributed by atoms with Crippen molar-refractivity contribution in [1.29, 1.82) is 0 Å². The smallest absolute Gasteiger partial charge is 0.319 e. The van der Waals surface area contributed by atoms with Gasteiger partial charge in [0.1, 0.15) is 0 Å². The zero-order valence-corrected chi connectivity index (χ0v) is 16.2. The molecule has 1 aromatic carbocycles. The van der Waals surface area contributed by atoms with Gasteiger partial charge >= 0.3 is 6.03 Å². The van der Waals surface area contributed by atoms with Gasteiger partial charge in [0.05, 0.1) is 6.04 Å². The van der Waals surface area contributed by atoms with Crippen molar-refractivity contribution in [1.82, 2.24) is 9.80 Å². The van der Waals surface area contributed by atoms with E-state index in [4.69, 9.17) is 0 Å². The minimum absolute atomic E-state index is 0.280. The van der Waals surface area contributed by atoms with Crippen LogP contribution in [-0.4, -0.2) is 35.0 Å². The van der Waals surface area contributed by atoms with Crippen molar-refractivity contribution in [3.05, 3.63) is 35.4 Å². The molecule has 5 rings (SSSR count). The van der Waals surface area contributed by atoms with Gasteiger partial charge in [0, 0.05) is 19.1 Å². The first-order valence-electron chi connectivity index (χ1n) is 10.8. The van der Waals surface area contributed by atoms with Crippen molar-refractivity contribution in [2.24, 2.45) is 23.7 Å². The van der Waals surface area contributed by atoms with Crippen molar-refractivity contribution in [2.45, 2.75) is 64.5 Å². The largest absolute Gasteiger partial charge is 0.320 e. The highest BCUT2D eigenvalue weighted by Crippen LogP contribution is 2.49. The molecule has 3 nitrogen and oxygen atoms in total. The van der Waals surface area contributed by atoms with E-state index in [-0.39, 0.29) is 6.04 Å². The Morgan fingerprint density at radius 1 is 1.08 bits per heavy atom. The lowest BCUT2D eigenvalue weighted by Gasteiger charge is -2.49. The van der Waals surface area contributed by atoms with E-state index >= 15 is 0 Å². The van der Waals surface area contributed by atoms with Gasteiger partial charge in [-0.2, -0.15) is 0 Å². The van der Waals surface area contributed by atoms with Gasteiger partial charge in [0.2, 0.25) is 0 Å². The first-order valence-corrected chi connectivity index (χ1v) is 10.8. The van der Waals surface area contributed by atoms with Gasteiger partial charge in [-0.3, -0.25) is 0 Å². The summed E-state index contributed by atoms with van der Waals surface area (Å²) in [6.07, 6.45) is 7.77. The number of hydrogen-bond donors (Lipinski definition) is 0. The minimum Gasteiger partial charge on any atom is -0.319 e. The van der Waals surface area contributed by atoms with E-state index < -0.39 is 0 Å². The van der Waals surface area contributed by atoms with Crippen LogP contribution in [0, 0.1) is 23.7 Å². The van der Waals surface area contributed by atoms with E-state index in [1.54, 1.807) is 0 Å². The number of hydrogen-bond acceptors (Lipinski definition) is 1. The number of nitrogens with zero attached hydrogens (tertiary/aromatic N) is 2. The number of carbonyl (C=O) groups is 1. The van der Waals surface area contributed by atoms with Gasteiger partial charge in [0.15, 0.2) is 0 Å². The first kappa shape index (κ1) is 16.6. The second-order valence-electron chi connectivity index (χ2n) is 9.40. The maximum atomic E-state index is 13.4. The third-order valence-electron chi connectivity index (χ3n) is 7.92. The van der Waals surface area contributed by atoms with E-state index in [1.165, 1.54) is 43.2 Å². The zero-order valence-electron chi connectivity index (χ0n) is 16.2. The molecule has 0 N–H and O–H groups in total. The first-order chi connectivity index (χ1) is 12.7.